The van der Waals surface area contributed by atoms with E-state index < -0.39 is 29.8 Å². The number of hydrogen-bond donors (Lipinski definition) is 2. The van der Waals surface area contributed by atoms with Crippen molar-refractivity contribution < 1.29 is 28.9 Å². The predicted molar refractivity (Wildman–Crippen MR) is 108 cm³/mol. The molecule has 0 bridgehead atoms. The Hall–Kier alpha value is -3.06. The van der Waals surface area contributed by atoms with E-state index in [0.29, 0.717) is 17.9 Å². The van der Waals surface area contributed by atoms with Crippen molar-refractivity contribution in [2.75, 3.05) is 7.11 Å². The summed E-state index contributed by atoms with van der Waals surface area (Å²) in [5.41, 5.74) is 0.884. The quantitative estimate of drug-likeness (QED) is 0.696. The molecule has 0 saturated heterocycles. The number of carbonyl (C=O) groups is 2. The van der Waals surface area contributed by atoms with Crippen LogP contribution in [0.4, 0.5) is 4.79 Å². The molecule has 0 saturated carbocycles. The Morgan fingerprint density at radius 2 is 1.66 bits per heavy atom. The average molecular weight is 401 g/mol. The number of carbonyl (C=O) groups excluding carboxylic acids is 1. The number of aliphatic carboxylic acids is 1. The highest BCUT2D eigenvalue weighted by molar-refractivity contribution is 5.81. The predicted octanol–water partition coefficient (Wildman–Crippen LogP) is 3.93. The second kappa shape index (κ2) is 9.93. The van der Waals surface area contributed by atoms with Gasteiger partial charge in [0.05, 0.1) is 0 Å². The summed E-state index contributed by atoms with van der Waals surface area (Å²) < 4.78 is 16.3. The van der Waals surface area contributed by atoms with E-state index in [4.69, 9.17) is 14.2 Å². The summed E-state index contributed by atoms with van der Waals surface area (Å²) in [5.74, 6) is -0.591. The molecule has 29 heavy (non-hydrogen) atoms. The lowest BCUT2D eigenvalue weighted by molar-refractivity contribution is -0.143. The summed E-state index contributed by atoms with van der Waals surface area (Å²) in [5, 5.41) is 11.9. The van der Waals surface area contributed by atoms with E-state index in [1.807, 2.05) is 30.3 Å². The molecule has 7 heteroatoms. The zero-order valence-electron chi connectivity index (χ0n) is 17.0. The van der Waals surface area contributed by atoms with Crippen molar-refractivity contribution in [2.45, 2.75) is 45.1 Å². The first-order chi connectivity index (χ1) is 13.7. The van der Waals surface area contributed by atoms with Crippen molar-refractivity contribution in [1.29, 1.82) is 0 Å². The second-order valence-corrected chi connectivity index (χ2v) is 7.46. The molecule has 0 aliphatic carbocycles. The molecule has 156 valence electrons. The maximum atomic E-state index is 12.0. The lowest BCUT2D eigenvalue weighted by Crippen LogP contribution is -2.47. The van der Waals surface area contributed by atoms with Crippen LogP contribution in [-0.2, 0) is 20.9 Å². The highest BCUT2D eigenvalue weighted by atomic mass is 16.6. The minimum Gasteiger partial charge on any atom is -0.489 e. The number of methoxy groups -OCH3 is 1. The van der Waals surface area contributed by atoms with Crippen molar-refractivity contribution in [3.63, 3.8) is 0 Å². The molecule has 2 aromatic carbocycles. The molecule has 2 N–H and O–H groups in total. The third-order valence-corrected chi connectivity index (χ3v) is 3.95. The molecule has 2 rings (SSSR count). The molecule has 0 aliphatic heterocycles. The molecule has 0 aromatic heterocycles. The molecular weight excluding hydrogens is 374 g/mol. The number of ether oxygens (including phenoxy) is 3. The van der Waals surface area contributed by atoms with Gasteiger partial charge in [-0.1, -0.05) is 42.5 Å². The first-order valence-corrected chi connectivity index (χ1v) is 9.21. The van der Waals surface area contributed by atoms with Gasteiger partial charge in [-0.25, -0.2) is 9.59 Å². The molecule has 0 spiro atoms. The average Bonchev–Trinajstić information content (AvgIpc) is 2.66. The number of alkyl carbamates (subject to hydrolysis) is 1. The van der Waals surface area contributed by atoms with Crippen molar-refractivity contribution >= 4 is 12.1 Å². The van der Waals surface area contributed by atoms with Gasteiger partial charge in [0.25, 0.3) is 0 Å². The smallest absolute Gasteiger partial charge is 0.408 e. The third kappa shape index (κ3) is 7.12. The molecule has 7 nitrogen and oxygen atoms in total. The first-order valence-electron chi connectivity index (χ1n) is 9.21. The van der Waals surface area contributed by atoms with Gasteiger partial charge >= 0.3 is 12.1 Å². The van der Waals surface area contributed by atoms with Crippen LogP contribution in [0.5, 0.6) is 5.75 Å². The summed E-state index contributed by atoms with van der Waals surface area (Å²) in [6, 6.07) is 15.3. The van der Waals surface area contributed by atoms with E-state index in [0.717, 1.165) is 5.56 Å². The molecule has 2 aromatic rings. The van der Waals surface area contributed by atoms with Crippen molar-refractivity contribution in [2.24, 2.45) is 0 Å². The van der Waals surface area contributed by atoms with Crippen LogP contribution in [0.15, 0.2) is 54.6 Å². The van der Waals surface area contributed by atoms with Gasteiger partial charge in [-0.05, 0) is 44.0 Å². The van der Waals surface area contributed by atoms with Gasteiger partial charge in [0.1, 0.15) is 24.1 Å². The van der Waals surface area contributed by atoms with Crippen molar-refractivity contribution in [3.05, 3.63) is 65.7 Å². The standard InChI is InChI=1S/C22H27NO6/c1-22(2,3)29-21(26)23-18(20(24)25)19(27-4)16-10-12-17(13-11-16)28-14-15-8-6-5-7-9-15/h5-13,18-19H,14H2,1-4H3,(H,23,26)(H,24,25). The van der Waals surface area contributed by atoms with Gasteiger partial charge < -0.3 is 24.6 Å². The van der Waals surface area contributed by atoms with Crippen LogP contribution in [0, 0.1) is 0 Å². The number of benzene rings is 2. The van der Waals surface area contributed by atoms with Gasteiger partial charge in [-0.15, -0.1) is 0 Å². The summed E-state index contributed by atoms with van der Waals surface area (Å²) in [6.45, 7) is 5.52. The Morgan fingerprint density at radius 1 is 1.03 bits per heavy atom. The number of rotatable bonds is 8. The van der Waals surface area contributed by atoms with Crippen LogP contribution in [0.1, 0.15) is 38.0 Å². The Labute approximate surface area is 170 Å². The Morgan fingerprint density at radius 3 is 2.17 bits per heavy atom. The first kappa shape index (κ1) is 22.2. The van der Waals surface area contributed by atoms with E-state index in [1.54, 1.807) is 45.0 Å². The SMILES string of the molecule is COC(c1ccc(OCc2ccccc2)cc1)C(NC(=O)OC(C)(C)C)C(=O)O. The molecule has 0 heterocycles. The number of hydrogen-bond acceptors (Lipinski definition) is 5. The van der Waals surface area contributed by atoms with Crippen LogP contribution in [-0.4, -0.2) is 35.9 Å². The number of amides is 1. The summed E-state index contributed by atoms with van der Waals surface area (Å²) in [4.78, 5) is 23.8. The van der Waals surface area contributed by atoms with Gasteiger partial charge in [-0.3, -0.25) is 0 Å². The molecule has 0 aliphatic rings. The molecule has 2 atom stereocenters. The number of carboxylic acids is 1. The van der Waals surface area contributed by atoms with Crippen LogP contribution in [0.2, 0.25) is 0 Å². The lowest BCUT2D eigenvalue weighted by atomic mass is 10.0. The Bertz CT molecular complexity index is 798. The topological polar surface area (TPSA) is 94.1 Å². The summed E-state index contributed by atoms with van der Waals surface area (Å²) in [6.07, 6.45) is -1.72. The van der Waals surface area contributed by atoms with E-state index in [-0.39, 0.29) is 0 Å². The molecule has 1 amide bonds. The fourth-order valence-corrected chi connectivity index (χ4v) is 2.66. The molecule has 2 unspecified atom stereocenters. The van der Waals surface area contributed by atoms with E-state index >= 15 is 0 Å². The number of nitrogens with one attached hydrogen (secondary N) is 1. The van der Waals surface area contributed by atoms with Gasteiger partial charge in [0.2, 0.25) is 0 Å². The van der Waals surface area contributed by atoms with Crippen LogP contribution < -0.4 is 10.1 Å². The van der Waals surface area contributed by atoms with Crippen LogP contribution in [0.3, 0.4) is 0 Å². The van der Waals surface area contributed by atoms with E-state index in [1.165, 1.54) is 7.11 Å². The van der Waals surface area contributed by atoms with Gasteiger partial charge in [-0.2, -0.15) is 0 Å². The minimum atomic E-state index is -1.31. The van der Waals surface area contributed by atoms with E-state index in [9.17, 15) is 14.7 Å². The monoisotopic (exact) mass is 401 g/mol. The summed E-state index contributed by atoms with van der Waals surface area (Å²) in [7, 11) is 1.39. The van der Waals surface area contributed by atoms with Gasteiger partial charge in [0.15, 0.2) is 6.04 Å². The molecule has 0 fully saturated rings. The minimum absolute atomic E-state index is 0.422. The largest absolute Gasteiger partial charge is 0.489 e. The van der Waals surface area contributed by atoms with Gasteiger partial charge in [0, 0.05) is 7.11 Å². The highest BCUT2D eigenvalue weighted by Gasteiger charge is 2.32. The second-order valence-electron chi connectivity index (χ2n) is 7.46. The zero-order valence-corrected chi connectivity index (χ0v) is 17.0. The van der Waals surface area contributed by atoms with Crippen molar-refractivity contribution in [3.8, 4) is 5.75 Å². The van der Waals surface area contributed by atoms with Crippen LogP contribution >= 0.6 is 0 Å². The fraction of sp³-hybridized carbons (Fsp3) is 0.364. The van der Waals surface area contributed by atoms with Crippen LogP contribution in [0.25, 0.3) is 0 Å². The molecular formula is C22H27NO6. The zero-order chi connectivity index (χ0) is 21.4. The third-order valence-electron chi connectivity index (χ3n) is 3.95. The number of carboxylic acid groups (broad SMARTS) is 1. The highest BCUT2D eigenvalue weighted by Crippen LogP contribution is 2.24. The fourth-order valence-electron chi connectivity index (χ4n) is 2.66. The summed E-state index contributed by atoms with van der Waals surface area (Å²) >= 11 is 0. The normalized spacial score (nSPS) is 13.2. The van der Waals surface area contributed by atoms with E-state index in [2.05, 4.69) is 5.32 Å². The molecule has 0 radical (unpaired) electrons. The Balaban J connectivity index is 2.07. The Kier molecular flexibility index (Phi) is 7.61. The lowest BCUT2D eigenvalue weighted by Gasteiger charge is -2.26. The maximum Gasteiger partial charge on any atom is 0.408 e. The maximum absolute atomic E-state index is 12.0. The van der Waals surface area contributed by atoms with Crippen molar-refractivity contribution in [1.82, 2.24) is 5.32 Å².